The van der Waals surface area contributed by atoms with E-state index in [-0.39, 0.29) is 0 Å². The SMILES string of the molecule is C#CC1CC(N2CCN(C)CC2)C1. The molecule has 0 N–H and O–H groups in total. The zero-order valence-corrected chi connectivity index (χ0v) is 8.37. The second-order valence-corrected chi connectivity index (χ2v) is 4.33. The first-order chi connectivity index (χ1) is 6.29. The number of rotatable bonds is 1. The molecule has 0 spiro atoms. The van der Waals surface area contributed by atoms with Crippen LogP contribution in [0.1, 0.15) is 12.8 Å². The van der Waals surface area contributed by atoms with Crippen molar-refractivity contribution >= 4 is 0 Å². The van der Waals surface area contributed by atoms with E-state index in [0.717, 1.165) is 6.04 Å². The van der Waals surface area contributed by atoms with Gasteiger partial charge in [0, 0.05) is 38.1 Å². The average molecular weight is 178 g/mol. The fourth-order valence-electron chi connectivity index (χ4n) is 2.21. The average Bonchev–Trinajstić information content (AvgIpc) is 2.06. The van der Waals surface area contributed by atoms with Crippen molar-refractivity contribution in [3.8, 4) is 12.3 Å². The number of hydrogen-bond acceptors (Lipinski definition) is 2. The highest BCUT2D eigenvalue weighted by molar-refractivity contribution is 5.04. The quantitative estimate of drug-likeness (QED) is 0.544. The molecule has 2 rings (SSSR count). The summed E-state index contributed by atoms with van der Waals surface area (Å²) in [6.07, 6.45) is 7.84. The van der Waals surface area contributed by atoms with Crippen LogP contribution in [0, 0.1) is 18.3 Å². The predicted molar refractivity (Wildman–Crippen MR) is 54.4 cm³/mol. The van der Waals surface area contributed by atoms with E-state index in [1.165, 1.54) is 39.0 Å². The van der Waals surface area contributed by atoms with Crippen molar-refractivity contribution in [2.45, 2.75) is 18.9 Å². The molecule has 0 aromatic carbocycles. The van der Waals surface area contributed by atoms with E-state index < -0.39 is 0 Å². The van der Waals surface area contributed by atoms with Gasteiger partial charge in [-0.25, -0.2) is 0 Å². The second kappa shape index (κ2) is 3.69. The molecule has 2 nitrogen and oxygen atoms in total. The minimum atomic E-state index is 0.574. The summed E-state index contributed by atoms with van der Waals surface area (Å²) < 4.78 is 0. The van der Waals surface area contributed by atoms with Crippen LogP contribution in [0.3, 0.4) is 0 Å². The summed E-state index contributed by atoms with van der Waals surface area (Å²) in [5.41, 5.74) is 0. The molecule has 0 amide bonds. The molecule has 1 aliphatic carbocycles. The Kier molecular flexibility index (Phi) is 2.57. The molecule has 1 aliphatic heterocycles. The summed E-state index contributed by atoms with van der Waals surface area (Å²) in [4.78, 5) is 5.00. The Bertz CT molecular complexity index is 205. The Labute approximate surface area is 80.9 Å². The topological polar surface area (TPSA) is 6.48 Å². The van der Waals surface area contributed by atoms with E-state index in [1.807, 2.05) is 0 Å². The first-order valence-corrected chi connectivity index (χ1v) is 5.18. The lowest BCUT2D eigenvalue weighted by Crippen LogP contribution is -2.52. The monoisotopic (exact) mass is 178 g/mol. The van der Waals surface area contributed by atoms with Crippen LogP contribution in [0.5, 0.6) is 0 Å². The maximum absolute atomic E-state index is 5.37. The minimum Gasteiger partial charge on any atom is -0.304 e. The van der Waals surface area contributed by atoms with Crippen LogP contribution >= 0.6 is 0 Å². The molecule has 13 heavy (non-hydrogen) atoms. The van der Waals surface area contributed by atoms with Crippen LogP contribution in [-0.2, 0) is 0 Å². The Balaban J connectivity index is 1.75. The highest BCUT2D eigenvalue weighted by atomic mass is 15.3. The Morgan fingerprint density at radius 3 is 2.31 bits per heavy atom. The van der Waals surface area contributed by atoms with Crippen LogP contribution in [0.25, 0.3) is 0 Å². The summed E-state index contributed by atoms with van der Waals surface area (Å²) in [5, 5.41) is 0. The van der Waals surface area contributed by atoms with Crippen molar-refractivity contribution in [3.05, 3.63) is 0 Å². The van der Waals surface area contributed by atoms with Gasteiger partial charge in [0.05, 0.1) is 0 Å². The molecule has 1 saturated carbocycles. The molecule has 0 bridgehead atoms. The fourth-order valence-corrected chi connectivity index (χ4v) is 2.21. The van der Waals surface area contributed by atoms with Crippen molar-refractivity contribution in [1.29, 1.82) is 0 Å². The zero-order valence-electron chi connectivity index (χ0n) is 8.37. The highest BCUT2D eigenvalue weighted by Crippen LogP contribution is 2.31. The largest absolute Gasteiger partial charge is 0.304 e. The lowest BCUT2D eigenvalue weighted by molar-refractivity contribution is 0.0555. The molecular formula is C11H18N2. The molecule has 72 valence electrons. The van der Waals surface area contributed by atoms with E-state index >= 15 is 0 Å². The third-order valence-electron chi connectivity index (χ3n) is 3.40. The van der Waals surface area contributed by atoms with Gasteiger partial charge in [-0.3, -0.25) is 4.90 Å². The first kappa shape index (κ1) is 9.05. The van der Waals surface area contributed by atoms with E-state index in [1.54, 1.807) is 0 Å². The maximum atomic E-state index is 5.37. The van der Waals surface area contributed by atoms with E-state index in [4.69, 9.17) is 6.42 Å². The summed E-state index contributed by atoms with van der Waals surface area (Å²) in [5.74, 6) is 3.42. The first-order valence-electron chi connectivity index (χ1n) is 5.18. The Morgan fingerprint density at radius 2 is 1.77 bits per heavy atom. The lowest BCUT2D eigenvalue weighted by Gasteiger charge is -2.44. The molecule has 2 fully saturated rings. The number of nitrogens with zero attached hydrogens (tertiary/aromatic N) is 2. The summed E-state index contributed by atoms with van der Waals surface area (Å²) >= 11 is 0. The van der Waals surface area contributed by atoms with Crippen LogP contribution in [0.15, 0.2) is 0 Å². The van der Waals surface area contributed by atoms with Gasteiger partial charge in [-0.1, -0.05) is 0 Å². The van der Waals surface area contributed by atoms with Gasteiger partial charge in [0.15, 0.2) is 0 Å². The molecule has 0 atom stereocenters. The number of terminal acetylenes is 1. The molecule has 0 radical (unpaired) electrons. The van der Waals surface area contributed by atoms with Gasteiger partial charge in [-0.2, -0.15) is 0 Å². The summed E-state index contributed by atoms with van der Waals surface area (Å²) in [7, 11) is 2.20. The van der Waals surface area contributed by atoms with Crippen molar-refractivity contribution in [1.82, 2.24) is 9.80 Å². The van der Waals surface area contributed by atoms with Gasteiger partial charge in [-0.05, 0) is 19.9 Å². The van der Waals surface area contributed by atoms with Crippen molar-refractivity contribution in [2.75, 3.05) is 33.2 Å². The van der Waals surface area contributed by atoms with Crippen molar-refractivity contribution in [3.63, 3.8) is 0 Å². The molecular weight excluding hydrogens is 160 g/mol. The summed E-state index contributed by atoms with van der Waals surface area (Å²) in [6, 6.07) is 0.801. The van der Waals surface area contributed by atoms with Crippen LogP contribution in [0.4, 0.5) is 0 Å². The number of likely N-dealkylation sites (N-methyl/N-ethyl adjacent to an activating group) is 1. The third kappa shape index (κ3) is 1.87. The van der Waals surface area contributed by atoms with E-state index in [9.17, 15) is 0 Å². The fraction of sp³-hybridized carbons (Fsp3) is 0.818. The van der Waals surface area contributed by atoms with Crippen LogP contribution in [0.2, 0.25) is 0 Å². The summed E-state index contributed by atoms with van der Waals surface area (Å²) in [6.45, 7) is 4.91. The molecule has 0 aromatic heterocycles. The second-order valence-electron chi connectivity index (χ2n) is 4.33. The van der Waals surface area contributed by atoms with Gasteiger partial charge >= 0.3 is 0 Å². The third-order valence-corrected chi connectivity index (χ3v) is 3.40. The van der Waals surface area contributed by atoms with Gasteiger partial charge in [0.25, 0.3) is 0 Å². The molecule has 1 saturated heterocycles. The van der Waals surface area contributed by atoms with Crippen molar-refractivity contribution in [2.24, 2.45) is 5.92 Å². The lowest BCUT2D eigenvalue weighted by atomic mass is 9.80. The zero-order chi connectivity index (χ0) is 9.26. The number of piperazine rings is 1. The van der Waals surface area contributed by atoms with Crippen LogP contribution in [-0.4, -0.2) is 49.1 Å². The van der Waals surface area contributed by atoms with Crippen LogP contribution < -0.4 is 0 Å². The molecule has 0 aromatic rings. The van der Waals surface area contributed by atoms with Gasteiger partial charge < -0.3 is 4.90 Å². The predicted octanol–water partition coefficient (Wildman–Crippen LogP) is 0.646. The Morgan fingerprint density at radius 1 is 1.15 bits per heavy atom. The van der Waals surface area contributed by atoms with Crippen molar-refractivity contribution < 1.29 is 0 Å². The molecule has 2 aliphatic rings. The minimum absolute atomic E-state index is 0.574. The number of hydrogen-bond donors (Lipinski definition) is 0. The normalized spacial score (nSPS) is 36.6. The van der Waals surface area contributed by atoms with Gasteiger partial charge in [0.1, 0.15) is 0 Å². The molecule has 0 unspecified atom stereocenters. The standard InChI is InChI=1S/C11H18N2/c1-3-10-8-11(9-10)13-6-4-12(2)5-7-13/h1,10-11H,4-9H2,2H3. The molecule has 2 heteroatoms. The smallest absolute Gasteiger partial charge is 0.0230 e. The van der Waals surface area contributed by atoms with Gasteiger partial charge in [0.2, 0.25) is 0 Å². The van der Waals surface area contributed by atoms with Gasteiger partial charge in [-0.15, -0.1) is 12.3 Å². The maximum Gasteiger partial charge on any atom is 0.0230 e. The Hall–Kier alpha value is -0.520. The molecule has 1 heterocycles. The van der Waals surface area contributed by atoms with E-state index in [2.05, 4.69) is 22.8 Å². The van der Waals surface area contributed by atoms with E-state index in [0.29, 0.717) is 5.92 Å². The highest BCUT2D eigenvalue weighted by Gasteiger charge is 2.33.